The number of ether oxygens (including phenoxy) is 2. The highest BCUT2D eigenvalue weighted by Gasteiger charge is 2.39. The molecule has 3 rings (SSSR count). The van der Waals surface area contributed by atoms with Crippen LogP contribution in [0.4, 0.5) is 23.2 Å². The van der Waals surface area contributed by atoms with Gasteiger partial charge in [-0.2, -0.15) is 22.8 Å². The van der Waals surface area contributed by atoms with Gasteiger partial charge in [0.1, 0.15) is 17.9 Å². The zero-order chi connectivity index (χ0) is 26.1. The number of pyridine rings is 1. The number of aromatic amines is 1. The van der Waals surface area contributed by atoms with E-state index in [0.717, 1.165) is 4.57 Å². The van der Waals surface area contributed by atoms with Gasteiger partial charge in [-0.05, 0) is 26.8 Å². The first kappa shape index (κ1) is 25.7. The first-order chi connectivity index (χ1) is 16.4. The van der Waals surface area contributed by atoms with E-state index in [1.54, 1.807) is 6.92 Å². The average molecular weight is 503 g/mol. The molecule has 0 saturated carbocycles. The second-order valence-electron chi connectivity index (χ2n) is 7.15. The first-order valence-electron chi connectivity index (χ1n) is 10.1. The summed E-state index contributed by atoms with van der Waals surface area (Å²) in [6.45, 7) is 3.16. The van der Waals surface area contributed by atoms with Crippen molar-refractivity contribution in [2.24, 2.45) is 0 Å². The van der Waals surface area contributed by atoms with Gasteiger partial charge >= 0.3 is 11.9 Å². The fraction of sp³-hybridized carbons (Fsp3) is 0.421. The zero-order valence-electron chi connectivity index (χ0n) is 18.9. The van der Waals surface area contributed by atoms with Crippen LogP contribution in [0.2, 0.25) is 0 Å². The van der Waals surface area contributed by atoms with Gasteiger partial charge < -0.3 is 19.9 Å². The molecule has 0 saturated heterocycles. The Bertz CT molecular complexity index is 1300. The van der Waals surface area contributed by atoms with Crippen LogP contribution in [0.5, 0.6) is 11.8 Å². The molecule has 0 aliphatic heterocycles. The molecule has 0 aromatic carbocycles. The molecule has 190 valence electrons. The fourth-order valence-corrected chi connectivity index (χ4v) is 2.99. The third-order valence-corrected chi connectivity index (χ3v) is 4.86. The number of methoxy groups -OCH3 is 1. The van der Waals surface area contributed by atoms with Crippen molar-refractivity contribution in [1.82, 2.24) is 29.5 Å². The number of aliphatic hydroxyl groups excluding tert-OH is 1. The number of halogens is 4. The summed E-state index contributed by atoms with van der Waals surface area (Å²) in [7, 11) is 1.27. The molecular weight excluding hydrogens is 482 g/mol. The summed E-state index contributed by atoms with van der Waals surface area (Å²) in [4.78, 5) is 29.2. The smallest absolute Gasteiger partial charge is 0.425 e. The van der Waals surface area contributed by atoms with Crippen LogP contribution >= 0.6 is 0 Å². The van der Waals surface area contributed by atoms with Crippen molar-refractivity contribution in [3.8, 4) is 17.6 Å². The summed E-state index contributed by atoms with van der Waals surface area (Å²) < 4.78 is 65.9. The van der Waals surface area contributed by atoms with Gasteiger partial charge in [0.15, 0.2) is 23.6 Å². The monoisotopic (exact) mass is 503 g/mol. The lowest BCUT2D eigenvalue weighted by molar-refractivity contribution is -0.190. The number of carbonyl (C=O) groups is 1. The molecule has 16 heteroatoms. The molecule has 3 N–H and O–H groups in total. The molecule has 0 unspecified atom stereocenters. The van der Waals surface area contributed by atoms with Crippen molar-refractivity contribution in [3.63, 3.8) is 0 Å². The number of hydrogen-bond acceptors (Lipinski definition) is 8. The normalized spacial score (nSPS) is 12.5. The summed E-state index contributed by atoms with van der Waals surface area (Å²) in [5.74, 6) is -4.24. The van der Waals surface area contributed by atoms with Crippen molar-refractivity contribution >= 4 is 11.6 Å². The molecule has 12 nitrogen and oxygen atoms in total. The highest BCUT2D eigenvalue weighted by Crippen LogP contribution is 2.30. The summed E-state index contributed by atoms with van der Waals surface area (Å²) >= 11 is 0. The van der Waals surface area contributed by atoms with Gasteiger partial charge in [-0.25, -0.2) is 9.18 Å². The van der Waals surface area contributed by atoms with Crippen molar-refractivity contribution in [2.75, 3.05) is 12.4 Å². The maximum absolute atomic E-state index is 15.0. The van der Waals surface area contributed by atoms with E-state index >= 15 is 4.39 Å². The number of hydrogen-bond donors (Lipinski definition) is 3. The maximum Gasteiger partial charge on any atom is 0.425 e. The van der Waals surface area contributed by atoms with Crippen molar-refractivity contribution in [3.05, 3.63) is 39.4 Å². The number of rotatable bonds is 8. The zero-order valence-corrected chi connectivity index (χ0v) is 18.9. The van der Waals surface area contributed by atoms with Crippen LogP contribution in [0.25, 0.3) is 5.82 Å². The largest absolute Gasteiger partial charge is 0.478 e. The Labute approximate surface area is 194 Å². The number of H-pyrrole nitrogens is 1. The predicted octanol–water partition coefficient (Wildman–Crippen LogP) is 1.70. The van der Waals surface area contributed by atoms with Crippen LogP contribution in [0.1, 0.15) is 35.7 Å². The summed E-state index contributed by atoms with van der Waals surface area (Å²) in [6, 6.07) is 0.564. The van der Waals surface area contributed by atoms with Gasteiger partial charge in [0, 0.05) is 6.54 Å². The number of alkyl halides is 3. The SMILES string of the molecule is CCn1c(CO)nn(-c2nc(O[C@@H](C)C(F)(F)F)c(C(=O)Nc3c(OC)n[nH]c3C)cc2F)c1=O. The van der Waals surface area contributed by atoms with Crippen LogP contribution in [0.3, 0.4) is 0 Å². The van der Waals surface area contributed by atoms with Gasteiger partial charge in [-0.1, -0.05) is 0 Å². The van der Waals surface area contributed by atoms with Gasteiger partial charge in [-0.3, -0.25) is 14.5 Å². The molecular formula is C19H21F4N7O5. The van der Waals surface area contributed by atoms with Crippen molar-refractivity contribution in [2.45, 2.75) is 46.2 Å². The third kappa shape index (κ3) is 4.96. The Kier molecular flexibility index (Phi) is 7.14. The minimum Gasteiger partial charge on any atom is -0.478 e. The van der Waals surface area contributed by atoms with E-state index in [1.165, 1.54) is 14.0 Å². The quantitative estimate of drug-likeness (QED) is 0.394. The van der Waals surface area contributed by atoms with E-state index in [9.17, 15) is 27.9 Å². The topological polar surface area (TPSA) is 149 Å². The number of amides is 1. The number of aryl methyl sites for hydroxylation is 1. The molecule has 0 spiro atoms. The van der Waals surface area contributed by atoms with Crippen LogP contribution in [0.15, 0.2) is 10.9 Å². The molecule has 1 atom stereocenters. The number of aliphatic hydroxyl groups is 1. The van der Waals surface area contributed by atoms with Gasteiger partial charge in [0.05, 0.1) is 12.8 Å². The molecule has 1 amide bonds. The first-order valence-corrected chi connectivity index (χ1v) is 10.1. The molecule has 35 heavy (non-hydrogen) atoms. The molecule has 0 fully saturated rings. The number of nitrogens with one attached hydrogen (secondary N) is 2. The summed E-state index contributed by atoms with van der Waals surface area (Å²) in [5, 5.41) is 21.9. The Morgan fingerprint density at radius 2 is 2.03 bits per heavy atom. The van der Waals surface area contributed by atoms with Gasteiger partial charge in [-0.15, -0.1) is 10.2 Å². The lowest BCUT2D eigenvalue weighted by atomic mass is 10.2. The van der Waals surface area contributed by atoms with Crippen LogP contribution in [-0.2, 0) is 13.2 Å². The van der Waals surface area contributed by atoms with E-state index < -0.39 is 53.6 Å². The molecule has 3 heterocycles. The second kappa shape index (κ2) is 9.73. The number of nitrogens with zero attached hydrogens (tertiary/aromatic N) is 5. The highest BCUT2D eigenvalue weighted by molar-refractivity contribution is 6.06. The van der Waals surface area contributed by atoms with E-state index in [-0.39, 0.29) is 23.9 Å². The fourth-order valence-electron chi connectivity index (χ4n) is 2.99. The van der Waals surface area contributed by atoms with E-state index in [4.69, 9.17) is 9.47 Å². The lowest BCUT2D eigenvalue weighted by Crippen LogP contribution is -2.33. The van der Waals surface area contributed by atoms with E-state index in [0.29, 0.717) is 23.4 Å². The molecule has 0 aliphatic rings. The Hall–Kier alpha value is -3.95. The Morgan fingerprint density at radius 3 is 2.57 bits per heavy atom. The standard InChI is InChI=1S/C19H21F4N7O5/c1-5-29-12(7-31)28-30(18(29)33)14-11(20)6-10(16(25-14)35-9(3)19(21,22)23)15(32)24-13-8(2)26-27-17(13)34-4/h6,9,31H,5,7H2,1-4H3,(H,24,32)(H,26,27)/t9-/m0/s1. The summed E-state index contributed by atoms with van der Waals surface area (Å²) in [5.41, 5.74) is -1.20. The highest BCUT2D eigenvalue weighted by atomic mass is 19.4. The van der Waals surface area contributed by atoms with Crippen molar-refractivity contribution in [1.29, 1.82) is 0 Å². The third-order valence-electron chi connectivity index (χ3n) is 4.86. The molecule has 0 radical (unpaired) electrons. The van der Waals surface area contributed by atoms with E-state index in [1.807, 2.05) is 0 Å². The minimum atomic E-state index is -4.85. The summed E-state index contributed by atoms with van der Waals surface area (Å²) in [6.07, 6.45) is -7.29. The number of aromatic nitrogens is 6. The average Bonchev–Trinajstić information content (AvgIpc) is 3.32. The second-order valence-corrected chi connectivity index (χ2v) is 7.15. The van der Waals surface area contributed by atoms with Gasteiger partial charge in [0.25, 0.3) is 11.8 Å². The molecule has 0 aliphatic carbocycles. The minimum absolute atomic E-state index is 0.0276. The lowest BCUT2D eigenvalue weighted by Gasteiger charge is -2.19. The Morgan fingerprint density at radius 1 is 1.34 bits per heavy atom. The van der Waals surface area contributed by atoms with Crippen LogP contribution < -0.4 is 20.5 Å². The molecule has 0 bridgehead atoms. The van der Waals surface area contributed by atoms with E-state index in [2.05, 4.69) is 25.6 Å². The van der Waals surface area contributed by atoms with Crippen molar-refractivity contribution < 1.29 is 36.9 Å². The van der Waals surface area contributed by atoms with Crippen LogP contribution in [-0.4, -0.2) is 59.9 Å². The number of anilines is 1. The Balaban J connectivity index is 2.15. The predicted molar refractivity (Wildman–Crippen MR) is 111 cm³/mol. The van der Waals surface area contributed by atoms with Crippen LogP contribution in [0, 0.1) is 12.7 Å². The molecule has 3 aromatic rings. The number of carbonyl (C=O) groups excluding carboxylic acids is 1. The maximum atomic E-state index is 15.0. The van der Waals surface area contributed by atoms with Gasteiger partial charge in [0.2, 0.25) is 5.88 Å². The molecule has 3 aromatic heterocycles.